The average Bonchev–Trinajstić information content (AvgIpc) is 2.62. The molecule has 26 heavy (non-hydrogen) atoms. The summed E-state index contributed by atoms with van der Waals surface area (Å²) < 4.78 is 10.8. The summed E-state index contributed by atoms with van der Waals surface area (Å²) in [6.45, 7) is 1.77. The maximum absolute atomic E-state index is 12.1. The summed E-state index contributed by atoms with van der Waals surface area (Å²) in [6.07, 6.45) is 0. The van der Waals surface area contributed by atoms with Gasteiger partial charge >= 0.3 is 0 Å². The van der Waals surface area contributed by atoms with Crippen molar-refractivity contribution in [1.29, 1.82) is 5.26 Å². The lowest BCUT2D eigenvalue weighted by Gasteiger charge is -2.12. The Hall–Kier alpha value is -3.31. The van der Waals surface area contributed by atoms with E-state index in [9.17, 15) is 14.9 Å². The van der Waals surface area contributed by atoms with Gasteiger partial charge in [-0.1, -0.05) is 11.6 Å². The van der Waals surface area contributed by atoms with Gasteiger partial charge in [0.05, 0.1) is 33.9 Å². The molecule has 9 heteroatoms. The van der Waals surface area contributed by atoms with Gasteiger partial charge in [-0.15, -0.1) is 0 Å². The van der Waals surface area contributed by atoms with Crippen LogP contribution >= 0.6 is 11.6 Å². The molecule has 0 spiro atoms. The lowest BCUT2D eigenvalue weighted by atomic mass is 10.2. The molecule has 8 nitrogen and oxygen atoms in total. The molecule has 0 aromatic heterocycles. The molecule has 0 bridgehead atoms. The van der Waals surface area contributed by atoms with E-state index in [4.69, 9.17) is 26.3 Å². The first-order valence-electron chi connectivity index (χ1n) is 7.48. The fourth-order valence-corrected chi connectivity index (χ4v) is 2.18. The number of hydrogen-bond donors (Lipinski definition) is 1. The van der Waals surface area contributed by atoms with Gasteiger partial charge in [0.1, 0.15) is 0 Å². The second-order valence-electron chi connectivity index (χ2n) is 4.96. The number of nitrogens with zero attached hydrogens (tertiary/aromatic N) is 2. The number of carbonyl (C=O) groups excluding carboxylic acids is 1. The van der Waals surface area contributed by atoms with E-state index in [1.54, 1.807) is 6.92 Å². The van der Waals surface area contributed by atoms with E-state index in [0.29, 0.717) is 23.7 Å². The number of nitro benzene ring substituents is 1. The number of non-ortho nitro benzene ring substituents is 1. The molecule has 0 heterocycles. The summed E-state index contributed by atoms with van der Waals surface area (Å²) in [6, 6.07) is 10.3. The van der Waals surface area contributed by atoms with Gasteiger partial charge in [0.2, 0.25) is 0 Å². The van der Waals surface area contributed by atoms with Crippen LogP contribution in [0.2, 0.25) is 5.02 Å². The number of rotatable bonds is 7. The molecule has 0 aliphatic heterocycles. The van der Waals surface area contributed by atoms with E-state index in [1.165, 1.54) is 30.3 Å². The molecule has 0 aliphatic rings. The molecule has 0 saturated carbocycles. The highest BCUT2D eigenvalue weighted by Crippen LogP contribution is 2.29. The number of nitro groups is 1. The van der Waals surface area contributed by atoms with Crippen LogP contribution in [-0.2, 0) is 4.79 Å². The third-order valence-electron chi connectivity index (χ3n) is 3.17. The van der Waals surface area contributed by atoms with Crippen molar-refractivity contribution in [1.82, 2.24) is 0 Å². The summed E-state index contributed by atoms with van der Waals surface area (Å²) in [5, 5.41) is 22.3. The molecule has 0 radical (unpaired) electrons. The predicted octanol–water partition coefficient (Wildman–Crippen LogP) is 3.54. The van der Waals surface area contributed by atoms with Crippen LogP contribution in [0.25, 0.3) is 0 Å². The van der Waals surface area contributed by atoms with Gasteiger partial charge in [-0.2, -0.15) is 5.26 Å². The van der Waals surface area contributed by atoms with E-state index >= 15 is 0 Å². The maximum Gasteiger partial charge on any atom is 0.271 e. The van der Waals surface area contributed by atoms with Crippen LogP contribution in [0.4, 0.5) is 11.4 Å². The van der Waals surface area contributed by atoms with E-state index in [-0.39, 0.29) is 23.0 Å². The van der Waals surface area contributed by atoms with Gasteiger partial charge in [-0.3, -0.25) is 14.9 Å². The molecule has 0 unspecified atom stereocenters. The summed E-state index contributed by atoms with van der Waals surface area (Å²) in [4.78, 5) is 22.3. The predicted molar refractivity (Wildman–Crippen MR) is 94.6 cm³/mol. The second kappa shape index (κ2) is 8.69. The van der Waals surface area contributed by atoms with Crippen LogP contribution < -0.4 is 14.8 Å². The number of hydrogen-bond acceptors (Lipinski definition) is 6. The minimum absolute atomic E-state index is 0.110. The maximum atomic E-state index is 12.1. The highest BCUT2D eigenvalue weighted by molar-refractivity contribution is 6.33. The smallest absolute Gasteiger partial charge is 0.271 e. The number of amides is 1. The Bertz CT molecular complexity index is 879. The zero-order valence-electron chi connectivity index (χ0n) is 13.7. The van der Waals surface area contributed by atoms with Crippen LogP contribution in [-0.4, -0.2) is 24.0 Å². The summed E-state index contributed by atoms with van der Waals surface area (Å²) in [5.74, 6) is 0.0816. The normalized spacial score (nSPS) is 9.88. The molecule has 2 aromatic carbocycles. The van der Waals surface area contributed by atoms with Crippen molar-refractivity contribution in [2.24, 2.45) is 0 Å². The third-order valence-corrected chi connectivity index (χ3v) is 3.50. The van der Waals surface area contributed by atoms with Crippen LogP contribution in [0.1, 0.15) is 12.5 Å². The molecule has 1 N–H and O–H groups in total. The number of nitriles is 1. The highest BCUT2D eigenvalue weighted by Gasteiger charge is 2.14. The van der Waals surface area contributed by atoms with Crippen LogP contribution in [0.3, 0.4) is 0 Å². The number of benzene rings is 2. The Balaban J connectivity index is 2.07. The van der Waals surface area contributed by atoms with Gasteiger partial charge in [0.25, 0.3) is 11.6 Å². The second-order valence-corrected chi connectivity index (χ2v) is 5.37. The van der Waals surface area contributed by atoms with Crippen LogP contribution in [0.15, 0.2) is 36.4 Å². The Labute approximate surface area is 154 Å². The minimum Gasteiger partial charge on any atom is -0.490 e. The van der Waals surface area contributed by atoms with Gasteiger partial charge < -0.3 is 14.8 Å². The van der Waals surface area contributed by atoms with Gasteiger partial charge in [0, 0.05) is 18.2 Å². The monoisotopic (exact) mass is 375 g/mol. The molecule has 0 aliphatic carbocycles. The SMILES string of the molecule is CCOc1cc(C#N)ccc1OCC(=O)Nc1cc([N+](=O)[O-])ccc1Cl. The van der Waals surface area contributed by atoms with Crippen molar-refractivity contribution in [2.75, 3.05) is 18.5 Å². The molecule has 0 saturated heterocycles. The lowest BCUT2D eigenvalue weighted by Crippen LogP contribution is -2.20. The highest BCUT2D eigenvalue weighted by atomic mass is 35.5. The van der Waals surface area contributed by atoms with Crippen LogP contribution in [0, 0.1) is 21.4 Å². The number of anilines is 1. The molecule has 134 valence electrons. The quantitative estimate of drug-likeness (QED) is 0.584. The van der Waals surface area contributed by atoms with Crippen molar-refractivity contribution in [3.05, 3.63) is 57.1 Å². The van der Waals surface area contributed by atoms with E-state index in [2.05, 4.69) is 5.32 Å². The molecule has 0 atom stereocenters. The first kappa shape index (κ1) is 19.0. The topological polar surface area (TPSA) is 114 Å². The van der Waals surface area contributed by atoms with Crippen LogP contribution in [0.5, 0.6) is 11.5 Å². The molecular formula is C17H14ClN3O5. The van der Waals surface area contributed by atoms with Gasteiger partial charge in [-0.05, 0) is 25.1 Å². The summed E-state index contributed by atoms with van der Waals surface area (Å²) in [5.41, 5.74) is 0.310. The van der Waals surface area contributed by atoms with Crippen molar-refractivity contribution >= 4 is 28.9 Å². The molecular weight excluding hydrogens is 362 g/mol. The molecule has 2 aromatic rings. The number of nitrogens with one attached hydrogen (secondary N) is 1. The third kappa shape index (κ3) is 4.84. The zero-order chi connectivity index (χ0) is 19.1. The Morgan fingerprint density at radius 2 is 2.04 bits per heavy atom. The Kier molecular flexibility index (Phi) is 6.36. The first-order chi connectivity index (χ1) is 12.4. The number of carbonyl (C=O) groups is 1. The van der Waals surface area contributed by atoms with Crippen molar-refractivity contribution < 1.29 is 19.2 Å². The minimum atomic E-state index is -0.590. The van der Waals surface area contributed by atoms with Crippen molar-refractivity contribution in [3.63, 3.8) is 0 Å². The molecule has 2 rings (SSSR count). The van der Waals surface area contributed by atoms with Gasteiger partial charge in [0.15, 0.2) is 18.1 Å². The van der Waals surface area contributed by atoms with Gasteiger partial charge in [-0.25, -0.2) is 0 Å². The van der Waals surface area contributed by atoms with Crippen molar-refractivity contribution in [2.45, 2.75) is 6.92 Å². The Morgan fingerprint density at radius 3 is 2.69 bits per heavy atom. The molecule has 0 fully saturated rings. The average molecular weight is 376 g/mol. The number of halogens is 1. The largest absolute Gasteiger partial charge is 0.490 e. The molecule has 1 amide bonds. The van der Waals surface area contributed by atoms with Crippen molar-refractivity contribution in [3.8, 4) is 17.6 Å². The fraction of sp³-hybridized carbons (Fsp3) is 0.176. The first-order valence-corrected chi connectivity index (χ1v) is 7.86. The lowest BCUT2D eigenvalue weighted by molar-refractivity contribution is -0.384. The van der Waals surface area contributed by atoms with E-state index in [0.717, 1.165) is 6.07 Å². The van der Waals surface area contributed by atoms with E-state index in [1.807, 2.05) is 6.07 Å². The standard InChI is InChI=1S/C17H14ClN3O5/c1-2-25-16-7-11(9-19)3-6-15(16)26-10-17(22)20-14-8-12(21(23)24)4-5-13(14)18/h3-8H,2,10H2,1H3,(H,20,22). The summed E-state index contributed by atoms with van der Waals surface area (Å²) >= 11 is 5.93. The number of ether oxygens (including phenoxy) is 2. The Morgan fingerprint density at radius 1 is 1.27 bits per heavy atom. The van der Waals surface area contributed by atoms with E-state index < -0.39 is 10.8 Å². The fourth-order valence-electron chi connectivity index (χ4n) is 2.02. The zero-order valence-corrected chi connectivity index (χ0v) is 14.4. The summed E-state index contributed by atoms with van der Waals surface area (Å²) in [7, 11) is 0.